The number of hydrazone groups is 1. The summed E-state index contributed by atoms with van der Waals surface area (Å²) >= 11 is 12.9. The molecule has 1 saturated carbocycles. The fraction of sp³-hybridized carbons (Fsp3) is 0.333. The summed E-state index contributed by atoms with van der Waals surface area (Å²) in [4.78, 5) is 16.5. The molecule has 0 radical (unpaired) electrons. The van der Waals surface area contributed by atoms with Gasteiger partial charge in [-0.3, -0.25) is 4.79 Å². The lowest BCUT2D eigenvalue weighted by molar-refractivity contribution is -0.122. The van der Waals surface area contributed by atoms with Crippen molar-refractivity contribution in [1.29, 1.82) is 0 Å². The quantitative estimate of drug-likeness (QED) is 0.418. The van der Waals surface area contributed by atoms with Crippen LogP contribution in [0.1, 0.15) is 36.8 Å². The first-order chi connectivity index (χ1) is 14.2. The molecule has 2 fully saturated rings. The number of piperidine rings is 1. The number of carbonyl (C=O) groups is 1. The van der Waals surface area contributed by atoms with E-state index < -0.39 is 10.0 Å². The van der Waals surface area contributed by atoms with Crippen LogP contribution in [0.5, 0.6) is 0 Å². The van der Waals surface area contributed by atoms with Gasteiger partial charge in [0.15, 0.2) is 5.84 Å². The number of benzene rings is 2. The maximum absolute atomic E-state index is 12.8. The zero-order valence-corrected chi connectivity index (χ0v) is 18.7. The molecular weight excluding hydrogens is 445 g/mol. The van der Waals surface area contributed by atoms with Gasteiger partial charge in [-0.15, -0.1) is 5.10 Å². The van der Waals surface area contributed by atoms with Gasteiger partial charge in [-0.25, -0.2) is 0 Å². The highest BCUT2D eigenvalue weighted by Crippen LogP contribution is 2.48. The van der Waals surface area contributed by atoms with E-state index in [2.05, 4.69) is 9.93 Å². The molecule has 1 N–H and O–H groups in total. The predicted molar refractivity (Wildman–Crippen MR) is 117 cm³/mol. The molecule has 0 unspecified atom stereocenters. The number of ketones is 1. The second-order valence-corrected chi connectivity index (χ2v) is 10.3. The fourth-order valence-corrected chi connectivity index (χ4v) is 5.16. The molecule has 1 spiro atoms. The molecule has 4 rings (SSSR count). The fourth-order valence-electron chi connectivity index (χ4n) is 3.78. The predicted octanol–water partition coefficient (Wildman–Crippen LogP) is 4.14. The number of carbonyl (C=O) groups excluding carboxylic acids is 1. The van der Waals surface area contributed by atoms with E-state index in [9.17, 15) is 13.2 Å². The average Bonchev–Trinajstić information content (AvgIpc) is 3.44. The Morgan fingerprint density at radius 3 is 2.33 bits per heavy atom. The summed E-state index contributed by atoms with van der Waals surface area (Å²) in [6, 6.07) is 11.6. The van der Waals surface area contributed by atoms with Gasteiger partial charge in [-0.05, 0) is 44.0 Å². The number of sulfonamides is 1. The van der Waals surface area contributed by atoms with Crippen molar-refractivity contribution in [3.8, 4) is 0 Å². The van der Waals surface area contributed by atoms with Gasteiger partial charge in [0.2, 0.25) is 0 Å². The van der Waals surface area contributed by atoms with Crippen LogP contribution in [0, 0.1) is 6.92 Å². The Balaban J connectivity index is 1.76. The van der Waals surface area contributed by atoms with Crippen molar-refractivity contribution in [1.82, 2.24) is 9.73 Å². The van der Waals surface area contributed by atoms with Gasteiger partial charge in [-0.1, -0.05) is 47.0 Å². The van der Waals surface area contributed by atoms with Crippen LogP contribution in [0.15, 0.2) is 52.5 Å². The van der Waals surface area contributed by atoms with Gasteiger partial charge in [-0.2, -0.15) is 13.2 Å². The Morgan fingerprint density at radius 1 is 1.10 bits per heavy atom. The van der Waals surface area contributed by atoms with Gasteiger partial charge < -0.3 is 4.90 Å². The minimum atomic E-state index is -3.89. The maximum Gasteiger partial charge on any atom is 0.276 e. The summed E-state index contributed by atoms with van der Waals surface area (Å²) in [6.07, 6.45) is 2.46. The number of likely N-dealkylation sites (tertiary alicyclic amines) is 1. The van der Waals surface area contributed by atoms with Gasteiger partial charge in [0.25, 0.3) is 10.0 Å². The minimum Gasteiger partial charge on any atom is -0.348 e. The Bertz CT molecular complexity index is 1110. The van der Waals surface area contributed by atoms with Gasteiger partial charge in [0.1, 0.15) is 5.78 Å². The Kier molecular flexibility index (Phi) is 5.55. The molecule has 6 nitrogen and oxygen atoms in total. The molecule has 9 heteroatoms. The van der Waals surface area contributed by atoms with Crippen LogP contribution < -0.4 is 4.83 Å². The van der Waals surface area contributed by atoms with Crippen LogP contribution in [0.2, 0.25) is 10.0 Å². The highest BCUT2D eigenvalue weighted by Gasteiger charge is 2.53. The molecule has 30 heavy (non-hydrogen) atoms. The molecule has 0 atom stereocenters. The van der Waals surface area contributed by atoms with Crippen LogP contribution in [0.25, 0.3) is 0 Å². The highest BCUT2D eigenvalue weighted by atomic mass is 35.5. The lowest BCUT2D eigenvalue weighted by atomic mass is 9.97. The number of amidine groups is 1. The Morgan fingerprint density at radius 2 is 1.73 bits per heavy atom. The summed E-state index contributed by atoms with van der Waals surface area (Å²) in [7, 11) is -3.89. The molecule has 2 aromatic carbocycles. The van der Waals surface area contributed by atoms with Crippen molar-refractivity contribution in [2.24, 2.45) is 5.10 Å². The van der Waals surface area contributed by atoms with E-state index in [0.717, 1.165) is 18.4 Å². The van der Waals surface area contributed by atoms with E-state index in [1.165, 1.54) is 12.1 Å². The van der Waals surface area contributed by atoms with E-state index in [4.69, 9.17) is 23.2 Å². The largest absolute Gasteiger partial charge is 0.348 e. The van der Waals surface area contributed by atoms with Crippen molar-refractivity contribution in [3.63, 3.8) is 0 Å². The molecule has 1 saturated heterocycles. The summed E-state index contributed by atoms with van der Waals surface area (Å²) in [5, 5.41) is 5.02. The maximum atomic E-state index is 12.8. The molecule has 158 valence electrons. The van der Waals surface area contributed by atoms with Crippen LogP contribution in [0.4, 0.5) is 0 Å². The zero-order valence-electron chi connectivity index (χ0n) is 16.4. The van der Waals surface area contributed by atoms with E-state index in [-0.39, 0.29) is 16.2 Å². The van der Waals surface area contributed by atoms with Gasteiger partial charge in [0, 0.05) is 24.9 Å². The number of halogens is 2. The standard InChI is InChI=1S/C21H21Cl2N3O3S/c1-14-5-7-16(8-6-14)30(28,29)25-24-20(19-17(22)3-2-4-18(19)23)26-12-9-15(27)13-21(26)10-11-21/h2-8,25H,9-13H2,1H3/b24-20+. The summed E-state index contributed by atoms with van der Waals surface area (Å²) in [6.45, 7) is 2.32. The summed E-state index contributed by atoms with van der Waals surface area (Å²) in [5.74, 6) is 0.542. The Hall–Kier alpha value is -2.09. The summed E-state index contributed by atoms with van der Waals surface area (Å²) in [5.41, 5.74) is 1.06. The van der Waals surface area contributed by atoms with E-state index in [1.807, 2.05) is 11.8 Å². The topological polar surface area (TPSA) is 78.8 Å². The van der Waals surface area contributed by atoms with Gasteiger partial charge >= 0.3 is 0 Å². The number of hydrogen-bond donors (Lipinski definition) is 1. The number of aryl methyl sites for hydroxylation is 1. The highest BCUT2D eigenvalue weighted by molar-refractivity contribution is 7.89. The number of rotatable bonds is 4. The van der Waals surface area contributed by atoms with Crippen molar-refractivity contribution in [2.45, 2.75) is 43.0 Å². The third-order valence-electron chi connectivity index (χ3n) is 5.59. The first-order valence-electron chi connectivity index (χ1n) is 9.62. The number of nitrogens with zero attached hydrogens (tertiary/aromatic N) is 2. The average molecular weight is 466 g/mol. The number of hydrogen-bond acceptors (Lipinski definition) is 4. The molecule has 0 aromatic heterocycles. The van der Waals surface area contributed by atoms with Crippen LogP contribution in [-0.4, -0.2) is 37.0 Å². The summed E-state index contributed by atoms with van der Waals surface area (Å²) < 4.78 is 25.6. The third kappa shape index (κ3) is 4.06. The third-order valence-corrected chi connectivity index (χ3v) is 7.44. The number of nitrogens with one attached hydrogen (secondary N) is 1. The number of Topliss-reactive ketones (excluding diaryl/α,β-unsaturated/α-hetero) is 1. The molecular formula is C21H21Cl2N3O3S. The lowest BCUT2D eigenvalue weighted by Gasteiger charge is -2.38. The molecule has 0 bridgehead atoms. The molecule has 2 aliphatic rings. The zero-order chi connectivity index (χ0) is 21.5. The molecule has 1 heterocycles. The van der Waals surface area contributed by atoms with E-state index in [1.54, 1.807) is 30.3 Å². The van der Waals surface area contributed by atoms with E-state index in [0.29, 0.717) is 40.8 Å². The SMILES string of the molecule is Cc1ccc(S(=O)(=O)N/N=C(\c2c(Cl)cccc2Cl)N2CCC(=O)CC23CC3)cc1. The van der Waals surface area contributed by atoms with E-state index >= 15 is 0 Å². The molecule has 1 aliphatic carbocycles. The van der Waals surface area contributed by atoms with Crippen molar-refractivity contribution >= 4 is 44.8 Å². The van der Waals surface area contributed by atoms with Crippen LogP contribution in [-0.2, 0) is 14.8 Å². The Labute approximate surface area is 185 Å². The minimum absolute atomic E-state index is 0.108. The molecule has 0 amide bonds. The second kappa shape index (κ2) is 7.87. The van der Waals surface area contributed by atoms with Gasteiger partial charge in [0.05, 0.1) is 20.5 Å². The van der Waals surface area contributed by atoms with Crippen molar-refractivity contribution in [3.05, 3.63) is 63.6 Å². The van der Waals surface area contributed by atoms with Crippen LogP contribution >= 0.6 is 23.2 Å². The normalized spacial score (nSPS) is 18.6. The first kappa shape index (κ1) is 21.2. The lowest BCUT2D eigenvalue weighted by Crippen LogP contribution is -2.49. The smallest absolute Gasteiger partial charge is 0.276 e. The molecule has 2 aromatic rings. The molecule has 1 aliphatic heterocycles. The van der Waals surface area contributed by atoms with Crippen molar-refractivity contribution in [2.75, 3.05) is 6.54 Å². The first-order valence-corrected chi connectivity index (χ1v) is 11.9. The van der Waals surface area contributed by atoms with Crippen LogP contribution in [0.3, 0.4) is 0 Å². The second-order valence-electron chi connectivity index (χ2n) is 7.78. The monoisotopic (exact) mass is 465 g/mol. The van der Waals surface area contributed by atoms with Crippen molar-refractivity contribution < 1.29 is 13.2 Å².